The molecular weight excluding hydrogens is 336 g/mol. The molecule has 8 heteroatoms. The number of ether oxygens (including phenoxy) is 1. The van der Waals surface area contributed by atoms with E-state index >= 15 is 0 Å². The highest BCUT2D eigenvalue weighted by Gasteiger charge is 2.26. The SMILES string of the molecule is COc1cc2oc(-c3ccccc3)cc(=O)c2c(O)c1S(=O)(=O)O. The van der Waals surface area contributed by atoms with Crippen molar-refractivity contribution in [3.63, 3.8) is 0 Å². The molecule has 0 atom stereocenters. The van der Waals surface area contributed by atoms with Crippen LogP contribution in [-0.4, -0.2) is 25.2 Å². The third kappa shape index (κ3) is 2.61. The van der Waals surface area contributed by atoms with Gasteiger partial charge in [0.2, 0.25) is 0 Å². The molecule has 2 N–H and O–H groups in total. The number of benzene rings is 2. The van der Waals surface area contributed by atoms with E-state index in [0.29, 0.717) is 5.56 Å². The number of methoxy groups -OCH3 is 1. The molecule has 0 aliphatic carbocycles. The normalized spacial score (nSPS) is 11.6. The van der Waals surface area contributed by atoms with Crippen LogP contribution in [0, 0.1) is 0 Å². The highest BCUT2D eigenvalue weighted by molar-refractivity contribution is 7.86. The van der Waals surface area contributed by atoms with Crippen LogP contribution in [0.1, 0.15) is 0 Å². The molecule has 0 amide bonds. The van der Waals surface area contributed by atoms with Gasteiger partial charge in [-0.2, -0.15) is 8.42 Å². The number of hydrogen-bond donors (Lipinski definition) is 2. The first-order chi connectivity index (χ1) is 11.3. The van der Waals surface area contributed by atoms with Crippen molar-refractivity contribution in [3.8, 4) is 22.8 Å². The van der Waals surface area contributed by atoms with Crippen molar-refractivity contribution in [1.29, 1.82) is 0 Å². The summed E-state index contributed by atoms with van der Waals surface area (Å²) in [6, 6.07) is 11.1. The van der Waals surface area contributed by atoms with Crippen LogP contribution in [0.3, 0.4) is 0 Å². The van der Waals surface area contributed by atoms with Crippen molar-refractivity contribution in [3.05, 3.63) is 52.7 Å². The Bertz CT molecular complexity index is 1080. The number of phenols is 1. The number of fused-ring (bicyclic) bond motifs is 1. The summed E-state index contributed by atoms with van der Waals surface area (Å²) in [4.78, 5) is 11.5. The van der Waals surface area contributed by atoms with Crippen molar-refractivity contribution >= 4 is 21.1 Å². The second-order valence-electron chi connectivity index (χ2n) is 4.95. The van der Waals surface area contributed by atoms with Gasteiger partial charge in [-0.1, -0.05) is 30.3 Å². The van der Waals surface area contributed by atoms with Gasteiger partial charge in [0.1, 0.15) is 22.5 Å². The molecule has 0 unspecified atom stereocenters. The van der Waals surface area contributed by atoms with Gasteiger partial charge < -0.3 is 14.3 Å². The van der Waals surface area contributed by atoms with E-state index in [1.54, 1.807) is 30.3 Å². The van der Waals surface area contributed by atoms with Crippen LogP contribution in [0.15, 0.2) is 56.6 Å². The summed E-state index contributed by atoms with van der Waals surface area (Å²) in [6.07, 6.45) is 0. The van der Waals surface area contributed by atoms with Gasteiger partial charge in [0.05, 0.1) is 7.11 Å². The van der Waals surface area contributed by atoms with Crippen LogP contribution in [-0.2, 0) is 10.1 Å². The lowest BCUT2D eigenvalue weighted by Crippen LogP contribution is -2.07. The predicted molar refractivity (Wildman–Crippen MR) is 86.0 cm³/mol. The zero-order valence-corrected chi connectivity index (χ0v) is 13.2. The Morgan fingerprint density at radius 3 is 2.38 bits per heavy atom. The molecule has 0 aliphatic heterocycles. The molecule has 0 radical (unpaired) electrons. The Labute approximate surface area is 136 Å². The smallest absolute Gasteiger partial charge is 0.301 e. The summed E-state index contributed by atoms with van der Waals surface area (Å²) in [7, 11) is -3.64. The average molecular weight is 348 g/mol. The molecule has 1 aromatic heterocycles. The standard InChI is InChI=1S/C16H12O7S/c1-22-13-8-12-14(15(18)16(13)24(19,20)21)10(17)7-11(23-12)9-5-3-2-4-6-9/h2-8,18H,1H3,(H,19,20,21). The lowest BCUT2D eigenvalue weighted by atomic mass is 10.1. The largest absolute Gasteiger partial charge is 0.505 e. The van der Waals surface area contributed by atoms with E-state index in [4.69, 9.17) is 9.15 Å². The minimum absolute atomic E-state index is 0.0666. The van der Waals surface area contributed by atoms with Crippen molar-refractivity contribution in [2.45, 2.75) is 4.90 Å². The topological polar surface area (TPSA) is 114 Å². The molecule has 0 saturated heterocycles. The van der Waals surface area contributed by atoms with Gasteiger partial charge >= 0.3 is 10.1 Å². The van der Waals surface area contributed by atoms with E-state index in [1.165, 1.54) is 0 Å². The van der Waals surface area contributed by atoms with E-state index in [-0.39, 0.29) is 22.5 Å². The Morgan fingerprint density at radius 1 is 1.12 bits per heavy atom. The van der Waals surface area contributed by atoms with Crippen LogP contribution < -0.4 is 10.2 Å². The third-order valence-corrected chi connectivity index (χ3v) is 4.36. The van der Waals surface area contributed by atoms with Gasteiger partial charge in [0, 0.05) is 17.7 Å². The molecule has 24 heavy (non-hydrogen) atoms. The highest BCUT2D eigenvalue weighted by atomic mass is 32.2. The van der Waals surface area contributed by atoms with Crippen LogP contribution in [0.2, 0.25) is 0 Å². The molecule has 0 aliphatic rings. The van der Waals surface area contributed by atoms with Gasteiger partial charge in [-0.05, 0) is 0 Å². The van der Waals surface area contributed by atoms with Crippen LogP contribution in [0.4, 0.5) is 0 Å². The zero-order chi connectivity index (χ0) is 17.5. The molecule has 0 saturated carbocycles. The maximum absolute atomic E-state index is 12.3. The van der Waals surface area contributed by atoms with Gasteiger partial charge in [0.25, 0.3) is 0 Å². The summed E-state index contributed by atoms with van der Waals surface area (Å²) in [5.41, 5.74) is -0.0860. The summed E-state index contributed by atoms with van der Waals surface area (Å²) < 4.78 is 42.7. The van der Waals surface area contributed by atoms with E-state index in [9.17, 15) is 22.9 Å². The average Bonchev–Trinajstić information content (AvgIpc) is 2.53. The van der Waals surface area contributed by atoms with Crippen molar-refractivity contribution in [1.82, 2.24) is 0 Å². The van der Waals surface area contributed by atoms with Crippen LogP contribution >= 0.6 is 0 Å². The van der Waals surface area contributed by atoms with E-state index in [1.807, 2.05) is 0 Å². The maximum atomic E-state index is 12.3. The molecule has 0 spiro atoms. The molecule has 0 fully saturated rings. The molecule has 1 heterocycles. The molecular formula is C16H12O7S. The molecule has 124 valence electrons. The Morgan fingerprint density at radius 2 is 1.79 bits per heavy atom. The second kappa shape index (κ2) is 5.66. The van der Waals surface area contributed by atoms with Gasteiger partial charge in [0.15, 0.2) is 16.1 Å². The van der Waals surface area contributed by atoms with Crippen LogP contribution in [0.5, 0.6) is 11.5 Å². The van der Waals surface area contributed by atoms with E-state index in [0.717, 1.165) is 19.2 Å². The van der Waals surface area contributed by atoms with E-state index < -0.39 is 26.2 Å². The van der Waals surface area contributed by atoms with Crippen molar-refractivity contribution < 1.29 is 27.2 Å². The number of aromatic hydroxyl groups is 1. The molecule has 3 rings (SSSR count). The first-order valence-electron chi connectivity index (χ1n) is 6.73. The Kier molecular flexibility index (Phi) is 3.78. The number of phenolic OH excluding ortho intramolecular Hbond substituents is 1. The maximum Gasteiger partial charge on any atom is 0.301 e. The minimum atomic E-state index is -4.80. The van der Waals surface area contributed by atoms with Crippen LogP contribution in [0.25, 0.3) is 22.3 Å². The number of rotatable bonds is 3. The van der Waals surface area contributed by atoms with Gasteiger partial charge in [-0.25, -0.2) is 0 Å². The molecule has 2 aromatic carbocycles. The lowest BCUT2D eigenvalue weighted by Gasteiger charge is -2.11. The predicted octanol–water partition coefficient (Wildman–Crippen LogP) is 2.42. The number of hydrogen-bond acceptors (Lipinski definition) is 6. The quantitative estimate of drug-likeness (QED) is 0.699. The summed E-state index contributed by atoms with van der Waals surface area (Å²) in [5, 5.41) is 9.80. The van der Waals surface area contributed by atoms with Crippen molar-refractivity contribution in [2.24, 2.45) is 0 Å². The summed E-state index contributed by atoms with van der Waals surface area (Å²) in [6.45, 7) is 0. The fourth-order valence-corrected chi connectivity index (χ4v) is 3.15. The first-order valence-corrected chi connectivity index (χ1v) is 8.17. The summed E-state index contributed by atoms with van der Waals surface area (Å²) in [5.74, 6) is -1.01. The summed E-state index contributed by atoms with van der Waals surface area (Å²) >= 11 is 0. The zero-order valence-electron chi connectivity index (χ0n) is 12.4. The van der Waals surface area contributed by atoms with Crippen molar-refractivity contribution in [2.75, 3.05) is 7.11 Å². The third-order valence-electron chi connectivity index (χ3n) is 3.45. The molecule has 7 nitrogen and oxygen atoms in total. The Balaban J connectivity index is 2.41. The fourth-order valence-electron chi connectivity index (χ4n) is 2.41. The Hall–Kier alpha value is -2.84. The molecule has 0 bridgehead atoms. The first kappa shape index (κ1) is 16.0. The van der Waals surface area contributed by atoms with Gasteiger partial charge in [-0.15, -0.1) is 0 Å². The van der Waals surface area contributed by atoms with Gasteiger partial charge in [-0.3, -0.25) is 9.35 Å². The fraction of sp³-hybridized carbons (Fsp3) is 0.0625. The van der Waals surface area contributed by atoms with E-state index in [2.05, 4.69) is 0 Å². The highest BCUT2D eigenvalue weighted by Crippen LogP contribution is 2.38. The minimum Gasteiger partial charge on any atom is -0.505 e. The second-order valence-corrected chi connectivity index (χ2v) is 6.30. The lowest BCUT2D eigenvalue weighted by molar-refractivity contribution is 0.383. The monoisotopic (exact) mass is 348 g/mol. The molecule has 3 aromatic rings.